The summed E-state index contributed by atoms with van der Waals surface area (Å²) >= 11 is 0. The molecule has 0 spiro atoms. The molecular weight excluding hydrogens is 454 g/mol. The van der Waals surface area contributed by atoms with Crippen molar-refractivity contribution < 1.29 is 19.6 Å². The zero-order valence-electron chi connectivity index (χ0n) is 20.7. The molecule has 3 amide bonds. The van der Waals surface area contributed by atoms with Gasteiger partial charge in [0.2, 0.25) is 17.7 Å². The van der Waals surface area contributed by atoms with Crippen LogP contribution in [0.5, 0.6) is 0 Å². The minimum Gasteiger partial charge on any atom is -0.344 e. The molecule has 7 nitrogen and oxygen atoms in total. The first-order valence-electron chi connectivity index (χ1n) is 12.4. The Morgan fingerprint density at radius 2 is 1.56 bits per heavy atom. The number of carbonyl (C=O) groups is 3. The van der Waals surface area contributed by atoms with Crippen LogP contribution in [0.4, 0.5) is 0 Å². The van der Waals surface area contributed by atoms with Crippen LogP contribution in [-0.4, -0.2) is 33.9 Å². The third kappa shape index (κ3) is 6.10. The molecule has 7 heteroatoms. The van der Waals surface area contributed by atoms with E-state index < -0.39 is 17.9 Å². The van der Waals surface area contributed by atoms with Crippen LogP contribution in [0.25, 0.3) is 10.8 Å². The molecule has 0 aromatic heterocycles. The lowest BCUT2D eigenvalue weighted by Crippen LogP contribution is -2.50. The van der Waals surface area contributed by atoms with Gasteiger partial charge in [-0.25, -0.2) is 5.48 Å². The summed E-state index contributed by atoms with van der Waals surface area (Å²) in [6.07, 6.45) is 0.653. The summed E-state index contributed by atoms with van der Waals surface area (Å²) in [5.74, 6) is -1.62. The number of nitrogens with zero attached hydrogens (tertiary/aromatic N) is 1. The third-order valence-corrected chi connectivity index (χ3v) is 6.70. The number of hydrogen-bond acceptors (Lipinski definition) is 4. The second kappa shape index (κ2) is 11.4. The highest BCUT2D eigenvalue weighted by atomic mass is 16.5. The highest BCUT2D eigenvalue weighted by molar-refractivity contribution is 5.91. The minimum absolute atomic E-state index is 0.146. The van der Waals surface area contributed by atoms with E-state index in [1.807, 2.05) is 80.6 Å². The van der Waals surface area contributed by atoms with Gasteiger partial charge in [-0.2, -0.15) is 0 Å². The number of amides is 3. The van der Waals surface area contributed by atoms with Crippen molar-refractivity contribution in [3.05, 3.63) is 83.4 Å². The van der Waals surface area contributed by atoms with Gasteiger partial charge in [-0.05, 0) is 39.8 Å². The summed E-state index contributed by atoms with van der Waals surface area (Å²) in [6.45, 7) is 4.94. The molecule has 0 unspecified atom stereocenters. The number of hydrogen-bond donors (Lipinski definition) is 3. The summed E-state index contributed by atoms with van der Waals surface area (Å²) in [6, 6.07) is 21.3. The maximum Gasteiger partial charge on any atom is 0.246 e. The fraction of sp³-hybridized carbons (Fsp3) is 0.345. The van der Waals surface area contributed by atoms with Gasteiger partial charge in [-0.1, -0.05) is 80.6 Å². The lowest BCUT2D eigenvalue weighted by atomic mass is 9.92. The molecule has 0 radical (unpaired) electrons. The van der Waals surface area contributed by atoms with E-state index in [4.69, 9.17) is 5.21 Å². The van der Waals surface area contributed by atoms with Crippen LogP contribution < -0.4 is 10.8 Å². The fourth-order valence-electron chi connectivity index (χ4n) is 4.92. The van der Waals surface area contributed by atoms with Crippen molar-refractivity contribution in [2.45, 2.75) is 52.2 Å². The summed E-state index contributed by atoms with van der Waals surface area (Å²) in [4.78, 5) is 40.7. The molecule has 188 valence electrons. The Kier molecular flexibility index (Phi) is 8.00. The van der Waals surface area contributed by atoms with Crippen molar-refractivity contribution >= 4 is 28.5 Å². The van der Waals surface area contributed by atoms with Gasteiger partial charge in [0.25, 0.3) is 0 Å². The quantitative estimate of drug-likeness (QED) is 0.314. The number of fused-ring (bicyclic) bond motifs is 2. The van der Waals surface area contributed by atoms with Gasteiger partial charge in [-0.15, -0.1) is 0 Å². The van der Waals surface area contributed by atoms with Crippen LogP contribution in [0.15, 0.2) is 66.7 Å². The standard InChI is InChI=1S/C29H33N3O4/c1-19(2)13-25(16-27(33)31-36)28(34)30-26(15-20-11-12-21-7-3-4-8-22(21)14-20)29(35)32-17-23-9-5-6-10-24(23)18-32/h3-12,14,19,25-26,36H,13,15-18H2,1-2H3,(H,30,34)(H,31,33)/t25-,26-/m0/s1. The van der Waals surface area contributed by atoms with Crippen LogP contribution in [0.2, 0.25) is 0 Å². The first-order valence-corrected chi connectivity index (χ1v) is 12.4. The number of hydroxylamine groups is 1. The van der Waals surface area contributed by atoms with Gasteiger partial charge in [0.05, 0.1) is 0 Å². The smallest absolute Gasteiger partial charge is 0.246 e. The van der Waals surface area contributed by atoms with E-state index in [1.54, 1.807) is 10.4 Å². The first-order chi connectivity index (χ1) is 17.3. The van der Waals surface area contributed by atoms with Crippen LogP contribution in [0.1, 0.15) is 43.4 Å². The Morgan fingerprint density at radius 1 is 0.917 bits per heavy atom. The van der Waals surface area contributed by atoms with Crippen molar-refractivity contribution in [2.24, 2.45) is 11.8 Å². The average molecular weight is 488 g/mol. The molecule has 1 heterocycles. The van der Waals surface area contributed by atoms with Crippen molar-refractivity contribution in [3.63, 3.8) is 0 Å². The molecule has 1 aliphatic rings. The summed E-state index contributed by atoms with van der Waals surface area (Å²) in [5.41, 5.74) is 4.78. The van der Waals surface area contributed by atoms with E-state index in [0.29, 0.717) is 25.9 Å². The molecule has 3 aromatic carbocycles. The molecule has 4 rings (SSSR count). The molecule has 1 aliphatic heterocycles. The lowest BCUT2D eigenvalue weighted by molar-refractivity contribution is -0.139. The third-order valence-electron chi connectivity index (χ3n) is 6.70. The Hall–Kier alpha value is -3.71. The van der Waals surface area contributed by atoms with E-state index in [1.165, 1.54) is 0 Å². The van der Waals surface area contributed by atoms with E-state index in [9.17, 15) is 14.4 Å². The highest BCUT2D eigenvalue weighted by Crippen LogP contribution is 2.25. The minimum atomic E-state index is -0.778. The predicted molar refractivity (Wildman–Crippen MR) is 138 cm³/mol. The predicted octanol–water partition coefficient (Wildman–Crippen LogP) is 3.97. The molecule has 0 bridgehead atoms. The number of rotatable bonds is 9. The molecule has 36 heavy (non-hydrogen) atoms. The maximum absolute atomic E-state index is 13.7. The van der Waals surface area contributed by atoms with Crippen molar-refractivity contribution in [3.8, 4) is 0 Å². The Bertz CT molecular complexity index is 1230. The molecule has 3 aromatic rings. The molecule has 0 fully saturated rings. The van der Waals surface area contributed by atoms with E-state index >= 15 is 0 Å². The summed E-state index contributed by atoms with van der Waals surface area (Å²) < 4.78 is 0. The first kappa shape index (κ1) is 25.4. The van der Waals surface area contributed by atoms with E-state index in [-0.39, 0.29) is 24.2 Å². The monoisotopic (exact) mass is 487 g/mol. The topological polar surface area (TPSA) is 98.7 Å². The molecule has 0 aliphatic carbocycles. The maximum atomic E-state index is 13.7. The summed E-state index contributed by atoms with van der Waals surface area (Å²) in [7, 11) is 0. The normalized spacial score (nSPS) is 14.4. The zero-order valence-corrected chi connectivity index (χ0v) is 20.7. The molecule has 2 atom stereocenters. The largest absolute Gasteiger partial charge is 0.344 e. The molecule has 3 N–H and O–H groups in total. The van der Waals surface area contributed by atoms with Gasteiger partial charge in [0.15, 0.2) is 0 Å². The van der Waals surface area contributed by atoms with Gasteiger partial charge in [-0.3, -0.25) is 19.6 Å². The zero-order chi connectivity index (χ0) is 25.7. The van der Waals surface area contributed by atoms with Gasteiger partial charge in [0.1, 0.15) is 6.04 Å². The second-order valence-electron chi connectivity index (χ2n) is 9.98. The Morgan fingerprint density at radius 3 is 2.19 bits per heavy atom. The Balaban J connectivity index is 1.58. The Labute approximate surface area is 211 Å². The van der Waals surface area contributed by atoms with E-state index in [2.05, 4.69) is 5.32 Å². The van der Waals surface area contributed by atoms with Crippen LogP contribution >= 0.6 is 0 Å². The van der Waals surface area contributed by atoms with Crippen molar-refractivity contribution in [1.29, 1.82) is 0 Å². The lowest BCUT2D eigenvalue weighted by Gasteiger charge is -2.27. The molecule has 0 saturated carbocycles. The molecule has 0 saturated heterocycles. The van der Waals surface area contributed by atoms with Crippen LogP contribution in [0.3, 0.4) is 0 Å². The van der Waals surface area contributed by atoms with Crippen molar-refractivity contribution in [2.75, 3.05) is 0 Å². The second-order valence-corrected chi connectivity index (χ2v) is 9.98. The molecular formula is C29H33N3O4. The van der Waals surface area contributed by atoms with Gasteiger partial charge < -0.3 is 10.2 Å². The van der Waals surface area contributed by atoms with Gasteiger partial charge >= 0.3 is 0 Å². The van der Waals surface area contributed by atoms with E-state index in [0.717, 1.165) is 27.5 Å². The number of benzene rings is 3. The average Bonchev–Trinajstić information content (AvgIpc) is 3.31. The summed E-state index contributed by atoms with van der Waals surface area (Å²) in [5, 5.41) is 14.1. The van der Waals surface area contributed by atoms with Gasteiger partial charge in [0, 0.05) is 31.8 Å². The van der Waals surface area contributed by atoms with Crippen LogP contribution in [-0.2, 0) is 33.9 Å². The SMILES string of the molecule is CC(C)C[C@@H](CC(=O)NO)C(=O)N[C@@H](Cc1ccc2ccccc2c1)C(=O)N1Cc2ccccc2C1. The number of nitrogens with one attached hydrogen (secondary N) is 2. The number of carbonyl (C=O) groups excluding carboxylic acids is 3. The fourth-order valence-corrected chi connectivity index (χ4v) is 4.92. The highest BCUT2D eigenvalue weighted by Gasteiger charge is 2.32. The van der Waals surface area contributed by atoms with Crippen LogP contribution in [0, 0.1) is 11.8 Å². The van der Waals surface area contributed by atoms with Crippen molar-refractivity contribution in [1.82, 2.24) is 15.7 Å².